The lowest BCUT2D eigenvalue weighted by Crippen LogP contribution is -2.47. The molecule has 0 heterocycles. The average molecular weight is 387 g/mol. The molecule has 27 heavy (non-hydrogen) atoms. The molecule has 1 aliphatic rings. The first kappa shape index (κ1) is 20.3. The fourth-order valence-electron chi connectivity index (χ4n) is 3.90. The molecule has 0 atom stereocenters. The molecule has 0 amide bonds. The third-order valence-electron chi connectivity index (χ3n) is 4.53. The van der Waals surface area contributed by atoms with Gasteiger partial charge in [-0.2, -0.15) is 0 Å². The van der Waals surface area contributed by atoms with Gasteiger partial charge in [0.1, 0.15) is 0 Å². The molecule has 2 aromatic rings. The highest BCUT2D eigenvalue weighted by Crippen LogP contribution is 2.71. The number of fused-ring (bicyclic) bond motifs is 3. The van der Waals surface area contributed by atoms with Gasteiger partial charge in [0.2, 0.25) is 0 Å². The van der Waals surface area contributed by atoms with Crippen LogP contribution in [0.25, 0.3) is 11.1 Å². The lowest BCUT2D eigenvalue weighted by molar-refractivity contribution is 0.123. The van der Waals surface area contributed by atoms with Crippen molar-refractivity contribution < 1.29 is 13.6 Å². The maximum atomic E-state index is 14.5. The molecule has 0 aliphatic heterocycles. The second-order valence-corrected chi connectivity index (χ2v) is 9.99. The fraction of sp³-hybridized carbons (Fsp3) is 0.455. The van der Waals surface area contributed by atoms with Crippen molar-refractivity contribution in [1.82, 2.24) is 5.32 Å². The Morgan fingerprint density at radius 1 is 0.778 bits per heavy atom. The van der Waals surface area contributed by atoms with Gasteiger partial charge in [-0.1, -0.05) is 48.5 Å². The molecule has 0 unspecified atom stereocenters. The minimum absolute atomic E-state index is 0.0732. The van der Waals surface area contributed by atoms with E-state index >= 15 is 0 Å². The summed E-state index contributed by atoms with van der Waals surface area (Å²) in [6, 6.07) is 16.3. The van der Waals surface area contributed by atoms with Gasteiger partial charge in [-0.25, -0.2) is 0 Å². The molecule has 0 radical (unpaired) electrons. The second-order valence-electron chi connectivity index (χ2n) is 7.91. The van der Waals surface area contributed by atoms with Crippen LogP contribution in [0.3, 0.4) is 0 Å². The van der Waals surface area contributed by atoms with Gasteiger partial charge >= 0.3 is 7.60 Å². The zero-order chi connectivity index (χ0) is 19.8. The lowest BCUT2D eigenvalue weighted by Gasteiger charge is -2.41. The molecule has 0 saturated carbocycles. The maximum absolute atomic E-state index is 14.5. The van der Waals surface area contributed by atoms with Crippen molar-refractivity contribution in [2.75, 3.05) is 0 Å². The van der Waals surface area contributed by atoms with Gasteiger partial charge < -0.3 is 9.05 Å². The van der Waals surface area contributed by atoms with E-state index in [9.17, 15) is 4.57 Å². The number of benzene rings is 2. The molecule has 3 rings (SSSR count). The van der Waals surface area contributed by atoms with Crippen molar-refractivity contribution in [3.8, 4) is 11.1 Å². The standard InChI is InChI=1S/C22H30NO3P/c1-15(2)23-22(27(24,25-16(3)4)26-17(5)6)20-13-9-7-11-18(20)19-12-8-10-14-21(19)22/h7-17,23H,1-6H3. The van der Waals surface area contributed by atoms with Crippen molar-refractivity contribution in [1.29, 1.82) is 0 Å². The lowest BCUT2D eigenvalue weighted by atomic mass is 10.0. The Kier molecular flexibility index (Phi) is 5.65. The van der Waals surface area contributed by atoms with Crippen LogP contribution in [0.2, 0.25) is 0 Å². The summed E-state index contributed by atoms with van der Waals surface area (Å²) in [7, 11) is -3.64. The van der Waals surface area contributed by atoms with Crippen LogP contribution in [-0.4, -0.2) is 18.2 Å². The van der Waals surface area contributed by atoms with E-state index in [4.69, 9.17) is 9.05 Å². The molecule has 0 saturated heterocycles. The zero-order valence-electron chi connectivity index (χ0n) is 17.0. The largest absolute Gasteiger partial charge is 0.360 e. The van der Waals surface area contributed by atoms with E-state index in [1.165, 1.54) is 0 Å². The Morgan fingerprint density at radius 3 is 1.56 bits per heavy atom. The van der Waals surface area contributed by atoms with Gasteiger partial charge in [-0.05, 0) is 63.8 Å². The Bertz CT molecular complexity index is 801. The van der Waals surface area contributed by atoms with Crippen LogP contribution in [0.1, 0.15) is 52.7 Å². The minimum Gasteiger partial charge on any atom is -0.304 e. The summed E-state index contributed by atoms with van der Waals surface area (Å²) in [5.41, 5.74) is 4.04. The van der Waals surface area contributed by atoms with Crippen LogP contribution >= 0.6 is 7.60 Å². The van der Waals surface area contributed by atoms with Crippen LogP contribution in [0.5, 0.6) is 0 Å². The predicted molar refractivity (Wildman–Crippen MR) is 111 cm³/mol. The number of hydrogen-bond donors (Lipinski definition) is 1. The van der Waals surface area contributed by atoms with Crippen LogP contribution in [0.4, 0.5) is 0 Å². The summed E-state index contributed by atoms with van der Waals surface area (Å²) in [5.74, 6) is 0. The fourth-order valence-corrected chi connectivity index (χ4v) is 6.77. The zero-order valence-corrected chi connectivity index (χ0v) is 17.9. The van der Waals surface area contributed by atoms with Gasteiger partial charge in [-0.15, -0.1) is 0 Å². The number of rotatable bonds is 7. The van der Waals surface area contributed by atoms with Gasteiger partial charge in [0.25, 0.3) is 0 Å². The first-order valence-electron chi connectivity index (χ1n) is 9.65. The normalized spacial score (nSPS) is 15.4. The van der Waals surface area contributed by atoms with Crippen molar-refractivity contribution in [2.24, 2.45) is 0 Å². The summed E-state index contributed by atoms with van der Waals surface area (Å²) in [5, 5.41) is 2.57. The van der Waals surface area contributed by atoms with Gasteiger partial charge in [0.05, 0.1) is 12.2 Å². The van der Waals surface area contributed by atoms with E-state index in [0.29, 0.717) is 0 Å². The van der Waals surface area contributed by atoms with Crippen molar-refractivity contribution in [2.45, 2.75) is 65.1 Å². The highest BCUT2D eigenvalue weighted by molar-refractivity contribution is 7.55. The summed E-state index contributed by atoms with van der Waals surface area (Å²) in [6.45, 7) is 11.7. The summed E-state index contributed by atoms with van der Waals surface area (Å²) in [6.07, 6.45) is -0.472. The van der Waals surface area contributed by atoms with Gasteiger partial charge in [0, 0.05) is 6.04 Å². The number of nitrogens with one attached hydrogen (secondary N) is 1. The van der Waals surface area contributed by atoms with Crippen molar-refractivity contribution in [3.63, 3.8) is 0 Å². The minimum atomic E-state index is -3.64. The third kappa shape index (κ3) is 3.40. The summed E-state index contributed by atoms with van der Waals surface area (Å²) >= 11 is 0. The molecule has 4 nitrogen and oxygen atoms in total. The van der Waals surface area contributed by atoms with E-state index < -0.39 is 12.9 Å². The van der Waals surface area contributed by atoms with E-state index in [0.717, 1.165) is 22.3 Å². The molecule has 2 aromatic carbocycles. The monoisotopic (exact) mass is 387 g/mol. The van der Waals surface area contributed by atoms with E-state index in [1.807, 2.05) is 64.1 Å². The van der Waals surface area contributed by atoms with Gasteiger partial charge in [0.15, 0.2) is 5.28 Å². The molecular formula is C22H30NO3P. The highest BCUT2D eigenvalue weighted by atomic mass is 31.2. The summed E-state index contributed by atoms with van der Waals surface area (Å²) in [4.78, 5) is 0. The number of hydrogen-bond acceptors (Lipinski definition) is 4. The van der Waals surface area contributed by atoms with Crippen LogP contribution in [-0.2, 0) is 18.9 Å². The SMILES string of the molecule is CC(C)NC1(P(=O)(OC(C)C)OC(C)C)c2ccccc2-c2ccccc21. The molecule has 1 N–H and O–H groups in total. The molecule has 0 spiro atoms. The van der Waals surface area contributed by atoms with Crippen LogP contribution < -0.4 is 5.32 Å². The van der Waals surface area contributed by atoms with Crippen molar-refractivity contribution in [3.05, 3.63) is 59.7 Å². The van der Waals surface area contributed by atoms with E-state index in [-0.39, 0.29) is 18.2 Å². The second kappa shape index (κ2) is 7.52. The molecular weight excluding hydrogens is 357 g/mol. The highest BCUT2D eigenvalue weighted by Gasteiger charge is 2.59. The predicted octanol–water partition coefficient (Wildman–Crippen LogP) is 5.91. The molecule has 0 aromatic heterocycles. The summed E-state index contributed by atoms with van der Waals surface area (Å²) < 4.78 is 26.8. The Balaban J connectivity index is 2.37. The van der Waals surface area contributed by atoms with Crippen LogP contribution in [0.15, 0.2) is 48.5 Å². The third-order valence-corrected chi connectivity index (χ3v) is 7.36. The quantitative estimate of drug-likeness (QED) is 0.600. The smallest absolute Gasteiger partial charge is 0.304 e. The Hall–Kier alpha value is -1.45. The van der Waals surface area contributed by atoms with Gasteiger partial charge in [-0.3, -0.25) is 9.88 Å². The molecule has 1 aliphatic carbocycles. The van der Waals surface area contributed by atoms with Crippen molar-refractivity contribution >= 4 is 7.60 Å². The topological polar surface area (TPSA) is 47.6 Å². The Morgan fingerprint density at radius 2 is 1.19 bits per heavy atom. The first-order valence-corrected chi connectivity index (χ1v) is 11.2. The molecule has 146 valence electrons. The van der Waals surface area contributed by atoms with E-state index in [2.05, 4.69) is 31.3 Å². The van der Waals surface area contributed by atoms with E-state index in [1.54, 1.807) is 0 Å². The molecule has 0 bridgehead atoms. The molecule has 5 heteroatoms. The Labute approximate surface area is 162 Å². The maximum Gasteiger partial charge on any atom is 0.360 e. The first-order chi connectivity index (χ1) is 12.7. The molecule has 0 fully saturated rings. The van der Waals surface area contributed by atoms with Crippen LogP contribution in [0, 0.1) is 0 Å². The average Bonchev–Trinajstić information content (AvgIpc) is 2.85.